The van der Waals surface area contributed by atoms with Crippen LogP contribution in [0.5, 0.6) is 5.75 Å². The van der Waals surface area contributed by atoms with Crippen LogP contribution in [0.1, 0.15) is 30.1 Å². The molecule has 1 N–H and O–H groups in total. The molecular formula is C15H18FNO4. The molecule has 1 unspecified atom stereocenters. The van der Waals surface area contributed by atoms with E-state index in [-0.39, 0.29) is 23.8 Å². The summed E-state index contributed by atoms with van der Waals surface area (Å²) >= 11 is 0. The number of benzene rings is 1. The smallest absolute Gasteiger partial charge is 0.339 e. The number of carboxylic acids is 1. The minimum Gasteiger partial charge on any atom is -0.483 e. The van der Waals surface area contributed by atoms with E-state index >= 15 is 0 Å². The average molecular weight is 295 g/mol. The second kappa shape index (κ2) is 6.56. The van der Waals surface area contributed by atoms with Crippen molar-refractivity contribution in [2.75, 3.05) is 19.7 Å². The number of hydrogen-bond acceptors (Lipinski definition) is 3. The fourth-order valence-corrected chi connectivity index (χ4v) is 2.44. The van der Waals surface area contributed by atoms with E-state index in [2.05, 4.69) is 6.92 Å². The van der Waals surface area contributed by atoms with Gasteiger partial charge in [-0.15, -0.1) is 0 Å². The minimum absolute atomic E-state index is 0.124. The molecule has 0 radical (unpaired) electrons. The van der Waals surface area contributed by atoms with Gasteiger partial charge in [-0.25, -0.2) is 9.18 Å². The summed E-state index contributed by atoms with van der Waals surface area (Å²) in [5.41, 5.74) is -0.156. The Morgan fingerprint density at radius 2 is 2.24 bits per heavy atom. The quantitative estimate of drug-likeness (QED) is 0.924. The van der Waals surface area contributed by atoms with Crippen molar-refractivity contribution in [2.24, 2.45) is 5.92 Å². The van der Waals surface area contributed by atoms with Crippen molar-refractivity contribution in [1.29, 1.82) is 0 Å². The van der Waals surface area contributed by atoms with Gasteiger partial charge in [-0.2, -0.15) is 0 Å². The normalized spacial score (nSPS) is 18.4. The van der Waals surface area contributed by atoms with Crippen LogP contribution in [-0.2, 0) is 4.79 Å². The Kier molecular flexibility index (Phi) is 4.77. The molecule has 1 aliphatic rings. The number of likely N-dealkylation sites (tertiary alicyclic amines) is 1. The van der Waals surface area contributed by atoms with Crippen molar-refractivity contribution in [3.63, 3.8) is 0 Å². The molecule has 5 nitrogen and oxygen atoms in total. The first kappa shape index (κ1) is 15.3. The molecule has 114 valence electrons. The van der Waals surface area contributed by atoms with Gasteiger partial charge in [-0.1, -0.05) is 6.92 Å². The highest BCUT2D eigenvalue weighted by Gasteiger charge is 2.22. The molecule has 1 amide bonds. The highest BCUT2D eigenvalue weighted by Crippen LogP contribution is 2.21. The fourth-order valence-electron chi connectivity index (χ4n) is 2.44. The van der Waals surface area contributed by atoms with E-state index < -0.39 is 11.8 Å². The van der Waals surface area contributed by atoms with Gasteiger partial charge in [0.2, 0.25) is 0 Å². The zero-order chi connectivity index (χ0) is 15.4. The molecule has 21 heavy (non-hydrogen) atoms. The summed E-state index contributed by atoms with van der Waals surface area (Å²) in [6.45, 7) is 3.16. The van der Waals surface area contributed by atoms with Crippen molar-refractivity contribution in [1.82, 2.24) is 4.90 Å². The van der Waals surface area contributed by atoms with Crippen molar-refractivity contribution < 1.29 is 23.8 Å². The van der Waals surface area contributed by atoms with Gasteiger partial charge in [0.15, 0.2) is 6.61 Å². The van der Waals surface area contributed by atoms with E-state index in [0.717, 1.165) is 31.0 Å². The second-order valence-corrected chi connectivity index (χ2v) is 5.32. The Morgan fingerprint density at radius 3 is 2.90 bits per heavy atom. The predicted octanol–water partition coefficient (Wildman–Crippen LogP) is 2.16. The van der Waals surface area contributed by atoms with Gasteiger partial charge in [-0.3, -0.25) is 4.79 Å². The molecule has 1 fully saturated rings. The molecule has 1 saturated heterocycles. The van der Waals surface area contributed by atoms with Gasteiger partial charge in [0.25, 0.3) is 5.91 Å². The molecule has 0 aromatic heterocycles. The first-order chi connectivity index (χ1) is 9.97. The summed E-state index contributed by atoms with van der Waals surface area (Å²) < 4.78 is 18.4. The third kappa shape index (κ3) is 3.93. The molecule has 1 aromatic rings. The lowest BCUT2D eigenvalue weighted by Gasteiger charge is -2.30. The maximum absolute atomic E-state index is 13.2. The number of carboxylic acid groups (broad SMARTS) is 1. The Balaban J connectivity index is 2.00. The summed E-state index contributed by atoms with van der Waals surface area (Å²) in [5, 5.41) is 9.01. The lowest BCUT2D eigenvalue weighted by molar-refractivity contribution is -0.135. The number of carbonyl (C=O) groups excluding carboxylic acids is 1. The Bertz CT molecular complexity index is 546. The molecule has 0 saturated carbocycles. The van der Waals surface area contributed by atoms with Gasteiger partial charge in [-0.05, 0) is 30.9 Å². The van der Waals surface area contributed by atoms with Gasteiger partial charge in [0, 0.05) is 19.2 Å². The number of ether oxygens (including phenoxy) is 1. The van der Waals surface area contributed by atoms with Crippen LogP contribution in [0, 0.1) is 11.7 Å². The van der Waals surface area contributed by atoms with Crippen LogP contribution in [-0.4, -0.2) is 41.6 Å². The summed E-state index contributed by atoms with van der Waals surface area (Å²) in [6, 6.07) is 3.15. The predicted molar refractivity (Wildman–Crippen MR) is 73.8 cm³/mol. The SMILES string of the molecule is CC1CCCN(C(=O)COc2cc(F)ccc2C(=O)O)C1. The van der Waals surface area contributed by atoms with E-state index in [4.69, 9.17) is 9.84 Å². The van der Waals surface area contributed by atoms with Crippen molar-refractivity contribution >= 4 is 11.9 Å². The van der Waals surface area contributed by atoms with Crippen molar-refractivity contribution in [2.45, 2.75) is 19.8 Å². The zero-order valence-electron chi connectivity index (χ0n) is 11.8. The van der Waals surface area contributed by atoms with Gasteiger partial charge < -0.3 is 14.7 Å². The number of aromatic carboxylic acids is 1. The highest BCUT2D eigenvalue weighted by molar-refractivity contribution is 5.91. The van der Waals surface area contributed by atoms with Crippen LogP contribution in [0.15, 0.2) is 18.2 Å². The maximum atomic E-state index is 13.2. The van der Waals surface area contributed by atoms with Crippen LogP contribution in [0.3, 0.4) is 0 Å². The largest absolute Gasteiger partial charge is 0.483 e. The maximum Gasteiger partial charge on any atom is 0.339 e. The zero-order valence-corrected chi connectivity index (χ0v) is 11.8. The van der Waals surface area contributed by atoms with Crippen LogP contribution in [0.2, 0.25) is 0 Å². The number of carbonyl (C=O) groups is 2. The molecule has 1 aromatic carbocycles. The molecule has 0 spiro atoms. The van der Waals surface area contributed by atoms with Crippen molar-refractivity contribution in [3.8, 4) is 5.75 Å². The number of hydrogen-bond donors (Lipinski definition) is 1. The highest BCUT2D eigenvalue weighted by atomic mass is 19.1. The van der Waals surface area contributed by atoms with E-state index in [0.29, 0.717) is 19.0 Å². The van der Waals surface area contributed by atoms with Crippen LogP contribution < -0.4 is 4.74 Å². The lowest BCUT2D eigenvalue weighted by atomic mass is 10.0. The summed E-state index contributed by atoms with van der Waals surface area (Å²) in [6.07, 6.45) is 2.05. The van der Waals surface area contributed by atoms with E-state index in [9.17, 15) is 14.0 Å². The third-order valence-corrected chi connectivity index (χ3v) is 3.53. The van der Waals surface area contributed by atoms with Gasteiger partial charge in [0.05, 0.1) is 0 Å². The summed E-state index contributed by atoms with van der Waals surface area (Å²) in [5.74, 6) is -1.70. The Morgan fingerprint density at radius 1 is 1.48 bits per heavy atom. The Labute approximate surface area is 122 Å². The van der Waals surface area contributed by atoms with Crippen LogP contribution >= 0.6 is 0 Å². The van der Waals surface area contributed by atoms with E-state index in [1.54, 1.807) is 4.90 Å². The molecule has 1 aliphatic heterocycles. The van der Waals surface area contributed by atoms with E-state index in [1.807, 2.05) is 0 Å². The first-order valence-corrected chi connectivity index (χ1v) is 6.91. The first-order valence-electron chi connectivity index (χ1n) is 6.91. The molecule has 6 heteroatoms. The number of piperidine rings is 1. The molecular weight excluding hydrogens is 277 g/mol. The van der Waals surface area contributed by atoms with Crippen molar-refractivity contribution in [3.05, 3.63) is 29.6 Å². The second-order valence-electron chi connectivity index (χ2n) is 5.32. The van der Waals surface area contributed by atoms with Crippen LogP contribution in [0.4, 0.5) is 4.39 Å². The number of amides is 1. The molecule has 1 atom stereocenters. The minimum atomic E-state index is -1.22. The molecule has 0 bridgehead atoms. The summed E-state index contributed by atoms with van der Waals surface area (Å²) in [7, 11) is 0. The number of halogens is 1. The lowest BCUT2D eigenvalue weighted by Crippen LogP contribution is -2.41. The fraction of sp³-hybridized carbons (Fsp3) is 0.467. The van der Waals surface area contributed by atoms with Gasteiger partial charge >= 0.3 is 5.97 Å². The van der Waals surface area contributed by atoms with E-state index in [1.165, 1.54) is 0 Å². The monoisotopic (exact) mass is 295 g/mol. The Hall–Kier alpha value is -2.11. The average Bonchev–Trinajstić information content (AvgIpc) is 2.44. The standard InChI is InChI=1S/C15H18FNO4/c1-10-3-2-6-17(8-10)14(18)9-21-13-7-11(16)4-5-12(13)15(19)20/h4-5,7,10H,2-3,6,8-9H2,1H3,(H,19,20). The summed E-state index contributed by atoms with van der Waals surface area (Å²) in [4.78, 5) is 24.8. The van der Waals surface area contributed by atoms with Gasteiger partial charge in [0.1, 0.15) is 17.1 Å². The molecule has 1 heterocycles. The number of nitrogens with zero attached hydrogens (tertiary/aromatic N) is 1. The molecule has 0 aliphatic carbocycles. The number of rotatable bonds is 4. The molecule has 2 rings (SSSR count). The van der Waals surface area contributed by atoms with Crippen LogP contribution in [0.25, 0.3) is 0 Å². The third-order valence-electron chi connectivity index (χ3n) is 3.53. The topological polar surface area (TPSA) is 66.8 Å².